The summed E-state index contributed by atoms with van der Waals surface area (Å²) in [5.74, 6) is 0.805. The van der Waals surface area contributed by atoms with Gasteiger partial charge in [-0.25, -0.2) is 0 Å². The molecule has 1 heterocycles. The van der Waals surface area contributed by atoms with E-state index in [2.05, 4.69) is 19.1 Å². The van der Waals surface area contributed by atoms with E-state index in [9.17, 15) is 0 Å². The van der Waals surface area contributed by atoms with Gasteiger partial charge in [-0.1, -0.05) is 5.10 Å². The summed E-state index contributed by atoms with van der Waals surface area (Å²) in [7, 11) is 2.10. The number of nitrogens with two attached hydrogens (primary N) is 1. The maximum absolute atomic E-state index is 5.52. The molecule has 0 aromatic rings. The Balaban J connectivity index is 0.000000810. The summed E-state index contributed by atoms with van der Waals surface area (Å²) in [5, 5.41) is 4.27. The molecule has 0 fully saturated rings. The summed E-state index contributed by atoms with van der Waals surface area (Å²) in [5.41, 5.74) is 5.52. The van der Waals surface area contributed by atoms with Crippen LogP contribution in [0.5, 0.6) is 0 Å². The van der Waals surface area contributed by atoms with Crippen LogP contribution in [0.4, 0.5) is 0 Å². The average molecular weight is 255 g/mol. The Morgan fingerprint density at radius 2 is 2.30 bits per heavy atom. The Morgan fingerprint density at radius 1 is 1.70 bits per heavy atom. The van der Waals surface area contributed by atoms with Crippen LogP contribution in [-0.2, 0) is 0 Å². The molecular weight excluding hydrogens is 241 g/mol. The lowest BCUT2D eigenvalue weighted by Gasteiger charge is -2.19. The molecule has 1 aliphatic rings. The second kappa shape index (κ2) is 3.52. The Labute approximate surface area is 78.9 Å². The van der Waals surface area contributed by atoms with E-state index in [4.69, 9.17) is 5.73 Å². The first kappa shape index (κ1) is 10.2. The van der Waals surface area contributed by atoms with Gasteiger partial charge in [0.15, 0.2) is 5.84 Å². The Hall–Kier alpha value is 0.160. The Morgan fingerprint density at radius 3 is 2.50 bits per heavy atom. The fraction of sp³-hybridized carbons (Fsp3) is 0.833. The number of quaternary nitrogens is 1. The minimum atomic E-state index is 0. The highest BCUT2D eigenvalue weighted by molar-refractivity contribution is 5.80. The number of hydrogen-bond acceptors (Lipinski definition) is 2. The molecule has 0 aromatic heterocycles. The molecule has 0 aliphatic carbocycles. The molecular formula is C6H14IN3. The van der Waals surface area contributed by atoms with E-state index in [0.717, 1.165) is 29.9 Å². The Kier molecular flexibility index (Phi) is 3.58. The van der Waals surface area contributed by atoms with Crippen LogP contribution in [-0.4, -0.2) is 30.6 Å². The van der Waals surface area contributed by atoms with Crippen LogP contribution in [0.3, 0.4) is 0 Å². The molecule has 0 radical (unpaired) electrons. The molecule has 3 nitrogen and oxygen atoms in total. The van der Waals surface area contributed by atoms with Crippen molar-refractivity contribution < 1.29 is 28.6 Å². The van der Waals surface area contributed by atoms with Crippen LogP contribution < -0.4 is 29.7 Å². The molecule has 0 amide bonds. The topological polar surface area (TPSA) is 38.4 Å². The molecule has 1 atom stereocenters. The third-order valence-corrected chi connectivity index (χ3v) is 1.90. The van der Waals surface area contributed by atoms with Crippen molar-refractivity contribution in [1.29, 1.82) is 0 Å². The van der Waals surface area contributed by atoms with Crippen molar-refractivity contribution >= 4 is 5.84 Å². The second-order valence-electron chi connectivity index (χ2n) is 2.72. The largest absolute Gasteiger partial charge is 1.00 e. The van der Waals surface area contributed by atoms with Crippen molar-refractivity contribution in [2.24, 2.45) is 10.8 Å². The van der Waals surface area contributed by atoms with Crippen molar-refractivity contribution in [3.63, 3.8) is 0 Å². The summed E-state index contributed by atoms with van der Waals surface area (Å²) in [6.07, 6.45) is 0.963. The quantitative estimate of drug-likeness (QED) is 0.397. The minimum Gasteiger partial charge on any atom is -1.00 e. The SMILES string of the molecule is CC[N+]1(C)CCC(N)=N1.[I-]. The average Bonchev–Trinajstić information content (AvgIpc) is 2.13. The van der Waals surface area contributed by atoms with E-state index in [1.807, 2.05) is 0 Å². The number of hydrogen-bond donors (Lipinski definition) is 1. The van der Waals surface area contributed by atoms with Crippen molar-refractivity contribution in [1.82, 2.24) is 0 Å². The molecule has 1 unspecified atom stereocenters. The summed E-state index contributed by atoms with van der Waals surface area (Å²) < 4.78 is 0.770. The fourth-order valence-corrected chi connectivity index (χ4v) is 0.994. The molecule has 2 N–H and O–H groups in total. The first-order valence-electron chi connectivity index (χ1n) is 3.35. The standard InChI is InChI=1S/C6H14N3.HI/c1-3-9(2)5-4-6(7)8-9;/h3-5H2,1-2H3,(H2,7,8);1H/q+1;/p-1. The van der Waals surface area contributed by atoms with E-state index in [0.29, 0.717) is 0 Å². The van der Waals surface area contributed by atoms with Crippen LogP contribution in [0.15, 0.2) is 5.10 Å². The van der Waals surface area contributed by atoms with E-state index < -0.39 is 0 Å². The molecule has 0 aromatic carbocycles. The number of amidine groups is 1. The number of rotatable bonds is 1. The summed E-state index contributed by atoms with van der Waals surface area (Å²) in [6.45, 7) is 4.24. The van der Waals surface area contributed by atoms with Crippen molar-refractivity contribution in [2.75, 3.05) is 20.1 Å². The molecule has 60 valence electrons. The lowest BCUT2D eigenvalue weighted by atomic mass is 10.4. The first-order chi connectivity index (χ1) is 4.16. The predicted molar refractivity (Wildman–Crippen MR) is 37.8 cm³/mol. The molecule has 0 saturated heterocycles. The van der Waals surface area contributed by atoms with Gasteiger partial charge in [-0.2, -0.15) is 4.59 Å². The van der Waals surface area contributed by atoms with Gasteiger partial charge < -0.3 is 29.7 Å². The lowest BCUT2D eigenvalue weighted by Crippen LogP contribution is -3.00. The van der Waals surface area contributed by atoms with Gasteiger partial charge in [0.25, 0.3) is 0 Å². The van der Waals surface area contributed by atoms with Gasteiger partial charge >= 0.3 is 0 Å². The van der Waals surface area contributed by atoms with Gasteiger partial charge in [0.05, 0.1) is 13.5 Å². The van der Waals surface area contributed by atoms with Gasteiger partial charge in [0, 0.05) is 0 Å². The number of halogens is 1. The highest BCUT2D eigenvalue weighted by atomic mass is 127. The third-order valence-electron chi connectivity index (χ3n) is 1.90. The minimum absolute atomic E-state index is 0. The van der Waals surface area contributed by atoms with Gasteiger partial charge in [-0.3, -0.25) is 0 Å². The highest BCUT2D eigenvalue weighted by Crippen LogP contribution is 2.11. The monoisotopic (exact) mass is 255 g/mol. The van der Waals surface area contributed by atoms with Crippen LogP contribution in [0.2, 0.25) is 0 Å². The highest BCUT2D eigenvalue weighted by Gasteiger charge is 2.25. The predicted octanol–water partition coefficient (Wildman–Crippen LogP) is -2.87. The van der Waals surface area contributed by atoms with Crippen LogP contribution in [0.1, 0.15) is 13.3 Å². The zero-order chi connectivity index (χ0) is 6.91. The van der Waals surface area contributed by atoms with E-state index in [1.165, 1.54) is 0 Å². The summed E-state index contributed by atoms with van der Waals surface area (Å²) in [6, 6.07) is 0. The van der Waals surface area contributed by atoms with Crippen LogP contribution >= 0.6 is 0 Å². The molecule has 1 aliphatic heterocycles. The molecule has 0 spiro atoms. The maximum Gasteiger partial charge on any atom is 0.161 e. The van der Waals surface area contributed by atoms with Crippen molar-refractivity contribution in [3.8, 4) is 0 Å². The van der Waals surface area contributed by atoms with E-state index in [1.54, 1.807) is 0 Å². The molecule has 4 heteroatoms. The van der Waals surface area contributed by atoms with Crippen LogP contribution in [0.25, 0.3) is 0 Å². The fourth-order valence-electron chi connectivity index (χ4n) is 0.994. The summed E-state index contributed by atoms with van der Waals surface area (Å²) >= 11 is 0. The van der Waals surface area contributed by atoms with Gasteiger partial charge in [-0.15, -0.1) is 0 Å². The molecule has 10 heavy (non-hydrogen) atoms. The van der Waals surface area contributed by atoms with Gasteiger partial charge in [0.1, 0.15) is 13.1 Å². The van der Waals surface area contributed by atoms with Crippen molar-refractivity contribution in [2.45, 2.75) is 13.3 Å². The van der Waals surface area contributed by atoms with E-state index in [-0.39, 0.29) is 24.0 Å². The maximum atomic E-state index is 5.52. The Bertz CT molecular complexity index is 146. The molecule has 0 bridgehead atoms. The molecule has 1 rings (SSSR count). The van der Waals surface area contributed by atoms with E-state index >= 15 is 0 Å². The van der Waals surface area contributed by atoms with Gasteiger partial charge in [0.2, 0.25) is 0 Å². The van der Waals surface area contributed by atoms with Crippen molar-refractivity contribution in [3.05, 3.63) is 0 Å². The zero-order valence-electron chi connectivity index (χ0n) is 6.47. The molecule has 0 saturated carbocycles. The number of nitrogens with zero attached hydrogens (tertiary/aromatic N) is 2. The van der Waals surface area contributed by atoms with Gasteiger partial charge in [-0.05, 0) is 6.92 Å². The first-order valence-corrected chi connectivity index (χ1v) is 3.35. The third kappa shape index (κ3) is 2.09. The summed E-state index contributed by atoms with van der Waals surface area (Å²) in [4.78, 5) is 0. The lowest BCUT2D eigenvalue weighted by molar-refractivity contribution is -0.908. The van der Waals surface area contributed by atoms with Crippen LogP contribution in [0, 0.1) is 0 Å². The normalized spacial score (nSPS) is 31.2. The smallest absolute Gasteiger partial charge is 0.161 e. The zero-order valence-corrected chi connectivity index (χ0v) is 8.63. The second-order valence-corrected chi connectivity index (χ2v) is 2.72.